The van der Waals surface area contributed by atoms with Crippen molar-refractivity contribution in [2.24, 2.45) is 0 Å². The Morgan fingerprint density at radius 1 is 0.870 bits per heavy atom. The van der Waals surface area contributed by atoms with Crippen LogP contribution in [-0.4, -0.2) is 25.0 Å². The van der Waals surface area contributed by atoms with Crippen LogP contribution in [0, 0.1) is 0 Å². The molecule has 0 unspecified atom stereocenters. The zero-order valence-electron chi connectivity index (χ0n) is 12.2. The highest BCUT2D eigenvalue weighted by Gasteiger charge is 2.13. The van der Waals surface area contributed by atoms with Gasteiger partial charge in [-0.15, -0.1) is 5.10 Å². The second-order valence-electron chi connectivity index (χ2n) is 4.96. The molecule has 0 aliphatic heterocycles. The first kappa shape index (κ1) is 13.9. The fourth-order valence-corrected chi connectivity index (χ4v) is 3.19. The number of fused-ring (bicyclic) bond motifs is 1. The molecule has 0 amide bonds. The van der Waals surface area contributed by atoms with Gasteiger partial charge in [0.15, 0.2) is 11.2 Å². The van der Waals surface area contributed by atoms with Gasteiger partial charge in [0, 0.05) is 5.75 Å². The topological polar surface area (TPSA) is 56.5 Å². The molecule has 2 aromatic carbocycles. The average molecular weight is 319 g/mol. The van der Waals surface area contributed by atoms with E-state index in [1.807, 2.05) is 48.5 Å². The minimum Gasteiger partial charge on any atom is -0.227 e. The maximum Gasteiger partial charge on any atom is 0.187 e. The molecule has 2 aromatic heterocycles. The highest BCUT2D eigenvalue weighted by molar-refractivity contribution is 7.98. The number of benzene rings is 2. The second-order valence-corrected chi connectivity index (χ2v) is 5.93. The van der Waals surface area contributed by atoms with Gasteiger partial charge in [-0.25, -0.2) is 9.97 Å². The molecule has 5 nitrogen and oxygen atoms in total. The van der Waals surface area contributed by atoms with Gasteiger partial charge in [-0.3, -0.25) is 0 Å². The van der Waals surface area contributed by atoms with Crippen molar-refractivity contribution in [2.75, 3.05) is 0 Å². The molecule has 4 aromatic rings. The van der Waals surface area contributed by atoms with Gasteiger partial charge in [0.2, 0.25) is 0 Å². The van der Waals surface area contributed by atoms with Crippen LogP contribution >= 0.6 is 11.8 Å². The standard InChI is InChI=1S/C17H13N5S/c1-3-7-13(8-4-1)11-23-17-15-16(18-12-19-17)22(21-20-15)14-9-5-2-6-10-14/h1-10,12H,11H2. The van der Waals surface area contributed by atoms with Crippen LogP contribution < -0.4 is 0 Å². The normalized spacial score (nSPS) is 11.0. The van der Waals surface area contributed by atoms with E-state index >= 15 is 0 Å². The molecule has 0 spiro atoms. The summed E-state index contributed by atoms with van der Waals surface area (Å²) in [6, 6.07) is 20.2. The zero-order valence-corrected chi connectivity index (χ0v) is 13.0. The summed E-state index contributed by atoms with van der Waals surface area (Å²) in [6.07, 6.45) is 1.57. The Balaban J connectivity index is 1.68. The summed E-state index contributed by atoms with van der Waals surface area (Å²) in [5.74, 6) is 0.838. The summed E-state index contributed by atoms with van der Waals surface area (Å²) in [5, 5.41) is 9.35. The van der Waals surface area contributed by atoms with Crippen LogP contribution in [0.4, 0.5) is 0 Å². The minimum absolute atomic E-state index is 0.724. The third-order valence-corrected chi connectivity index (χ3v) is 4.47. The number of aromatic nitrogens is 5. The van der Waals surface area contributed by atoms with Crippen molar-refractivity contribution in [2.45, 2.75) is 10.8 Å². The average Bonchev–Trinajstić information content (AvgIpc) is 3.06. The predicted molar refractivity (Wildman–Crippen MR) is 90.5 cm³/mol. The molecule has 0 atom stereocenters. The molecule has 112 valence electrons. The summed E-state index contributed by atoms with van der Waals surface area (Å²) < 4.78 is 1.74. The number of hydrogen-bond donors (Lipinski definition) is 0. The van der Waals surface area contributed by atoms with E-state index in [2.05, 4.69) is 32.4 Å². The van der Waals surface area contributed by atoms with E-state index in [4.69, 9.17) is 0 Å². The number of thioether (sulfide) groups is 1. The molecule has 2 heterocycles. The van der Waals surface area contributed by atoms with Crippen molar-refractivity contribution in [3.63, 3.8) is 0 Å². The predicted octanol–water partition coefficient (Wildman–Crippen LogP) is 3.50. The summed E-state index contributed by atoms with van der Waals surface area (Å²) >= 11 is 1.64. The minimum atomic E-state index is 0.724. The molecule has 6 heteroatoms. The van der Waals surface area contributed by atoms with E-state index < -0.39 is 0 Å². The van der Waals surface area contributed by atoms with Gasteiger partial charge in [-0.2, -0.15) is 4.68 Å². The quantitative estimate of drug-likeness (QED) is 0.425. The maximum absolute atomic E-state index is 4.36. The lowest BCUT2D eigenvalue weighted by Gasteiger charge is -2.03. The molecule has 0 aliphatic carbocycles. The molecule has 23 heavy (non-hydrogen) atoms. The fourth-order valence-electron chi connectivity index (χ4n) is 2.30. The molecule has 0 bridgehead atoms. The van der Waals surface area contributed by atoms with E-state index in [0.29, 0.717) is 0 Å². The van der Waals surface area contributed by atoms with Crippen molar-refractivity contribution in [3.8, 4) is 5.69 Å². The molecular formula is C17H13N5S. The first-order valence-electron chi connectivity index (χ1n) is 7.20. The van der Waals surface area contributed by atoms with Gasteiger partial charge in [-0.05, 0) is 17.7 Å². The molecular weight excluding hydrogens is 306 g/mol. The highest BCUT2D eigenvalue weighted by Crippen LogP contribution is 2.26. The number of nitrogens with zero attached hydrogens (tertiary/aromatic N) is 5. The first-order valence-corrected chi connectivity index (χ1v) is 8.19. The molecule has 0 fully saturated rings. The number of rotatable bonds is 4. The van der Waals surface area contributed by atoms with Crippen molar-refractivity contribution in [3.05, 3.63) is 72.6 Å². The van der Waals surface area contributed by atoms with Gasteiger partial charge in [-0.1, -0.05) is 65.5 Å². The monoisotopic (exact) mass is 319 g/mol. The lowest BCUT2D eigenvalue weighted by molar-refractivity contribution is 0.817. The molecule has 0 N–H and O–H groups in total. The summed E-state index contributed by atoms with van der Waals surface area (Å²) in [5.41, 5.74) is 3.64. The van der Waals surface area contributed by atoms with Gasteiger partial charge >= 0.3 is 0 Å². The van der Waals surface area contributed by atoms with Gasteiger partial charge in [0.25, 0.3) is 0 Å². The van der Waals surface area contributed by atoms with Crippen molar-refractivity contribution in [1.29, 1.82) is 0 Å². The first-order chi connectivity index (χ1) is 11.4. The summed E-state index contributed by atoms with van der Waals surface area (Å²) in [7, 11) is 0. The van der Waals surface area contributed by atoms with Crippen molar-refractivity contribution < 1.29 is 0 Å². The SMILES string of the molecule is c1ccc(CSc2ncnc3c2nnn3-c2ccccc2)cc1. The van der Waals surface area contributed by atoms with Crippen LogP contribution in [0.1, 0.15) is 5.56 Å². The Kier molecular flexibility index (Phi) is 3.73. The van der Waals surface area contributed by atoms with Crippen LogP contribution in [0.15, 0.2) is 72.0 Å². The van der Waals surface area contributed by atoms with Gasteiger partial charge in [0.05, 0.1) is 5.69 Å². The third-order valence-electron chi connectivity index (χ3n) is 3.42. The Morgan fingerprint density at radius 3 is 2.39 bits per heavy atom. The summed E-state index contributed by atoms with van der Waals surface area (Å²) in [6.45, 7) is 0. The number of hydrogen-bond acceptors (Lipinski definition) is 5. The van der Waals surface area contributed by atoms with E-state index in [1.165, 1.54) is 5.56 Å². The Bertz CT molecular complexity index is 922. The third kappa shape index (κ3) is 2.80. The van der Waals surface area contributed by atoms with Gasteiger partial charge < -0.3 is 0 Å². The second kappa shape index (κ2) is 6.18. The molecule has 0 saturated heterocycles. The van der Waals surface area contributed by atoms with E-state index in [1.54, 1.807) is 22.8 Å². The molecule has 0 saturated carbocycles. The lowest BCUT2D eigenvalue weighted by atomic mass is 10.2. The molecule has 4 rings (SSSR count). The van der Waals surface area contributed by atoms with Crippen molar-refractivity contribution >= 4 is 22.9 Å². The van der Waals surface area contributed by atoms with E-state index in [0.717, 1.165) is 27.6 Å². The summed E-state index contributed by atoms with van der Waals surface area (Å²) in [4.78, 5) is 8.71. The van der Waals surface area contributed by atoms with Crippen molar-refractivity contribution in [1.82, 2.24) is 25.0 Å². The van der Waals surface area contributed by atoms with Gasteiger partial charge in [0.1, 0.15) is 11.4 Å². The Hall–Kier alpha value is -2.73. The van der Waals surface area contributed by atoms with Crippen LogP contribution in [0.2, 0.25) is 0 Å². The Labute approximate surface area is 137 Å². The van der Waals surface area contributed by atoms with Crippen LogP contribution in [0.3, 0.4) is 0 Å². The molecule has 0 radical (unpaired) electrons. The van der Waals surface area contributed by atoms with E-state index in [-0.39, 0.29) is 0 Å². The smallest absolute Gasteiger partial charge is 0.187 e. The highest BCUT2D eigenvalue weighted by atomic mass is 32.2. The number of para-hydroxylation sites is 1. The van der Waals surface area contributed by atoms with Crippen LogP contribution in [0.25, 0.3) is 16.9 Å². The van der Waals surface area contributed by atoms with E-state index in [9.17, 15) is 0 Å². The fraction of sp³-hybridized carbons (Fsp3) is 0.0588. The largest absolute Gasteiger partial charge is 0.227 e. The maximum atomic E-state index is 4.36. The molecule has 0 aliphatic rings. The zero-order chi connectivity index (χ0) is 15.5. The van der Waals surface area contributed by atoms with Crippen LogP contribution in [-0.2, 0) is 5.75 Å². The lowest BCUT2D eigenvalue weighted by Crippen LogP contribution is -1.97. The van der Waals surface area contributed by atoms with Crippen LogP contribution in [0.5, 0.6) is 0 Å². The Morgan fingerprint density at radius 2 is 1.61 bits per heavy atom.